The van der Waals surface area contributed by atoms with Crippen LogP contribution >= 0.6 is 0 Å². The number of primary amides is 1. The van der Waals surface area contributed by atoms with Crippen molar-refractivity contribution in [3.63, 3.8) is 0 Å². The van der Waals surface area contributed by atoms with E-state index in [1.165, 1.54) is 0 Å². The summed E-state index contributed by atoms with van der Waals surface area (Å²) < 4.78 is 1.86. The van der Waals surface area contributed by atoms with Gasteiger partial charge in [0.15, 0.2) is 18.9 Å². The standard InChI is InChI=1S/C16H17N3O3/c17-15(21)14(11-20)18-16(22)13-7-4-8-19(10-13)9-12-5-2-1-3-6-12/h1-8,10,14,20H,9,11H2,(H2-,17,18,21,22)/p+1/t14-/m0/s1. The van der Waals surface area contributed by atoms with Gasteiger partial charge in [-0.05, 0) is 6.07 Å². The van der Waals surface area contributed by atoms with E-state index in [2.05, 4.69) is 5.32 Å². The topological polar surface area (TPSA) is 96.3 Å². The van der Waals surface area contributed by atoms with Crippen LogP contribution in [-0.4, -0.2) is 29.6 Å². The van der Waals surface area contributed by atoms with Crippen LogP contribution in [0.15, 0.2) is 54.9 Å². The maximum Gasteiger partial charge on any atom is 0.258 e. The predicted molar refractivity (Wildman–Crippen MR) is 79.7 cm³/mol. The van der Waals surface area contributed by atoms with Crippen LogP contribution < -0.4 is 15.6 Å². The highest BCUT2D eigenvalue weighted by Gasteiger charge is 2.19. The fourth-order valence-corrected chi connectivity index (χ4v) is 2.00. The Balaban J connectivity index is 2.11. The Kier molecular flexibility index (Phi) is 5.21. The van der Waals surface area contributed by atoms with Crippen molar-refractivity contribution in [3.8, 4) is 0 Å². The number of benzene rings is 1. The van der Waals surface area contributed by atoms with Crippen molar-refractivity contribution < 1.29 is 19.3 Å². The van der Waals surface area contributed by atoms with Crippen molar-refractivity contribution in [1.29, 1.82) is 0 Å². The molecule has 0 spiro atoms. The molecular formula is C16H18N3O3+. The summed E-state index contributed by atoms with van der Waals surface area (Å²) in [6, 6.07) is 12.1. The minimum Gasteiger partial charge on any atom is -0.394 e. The number of hydrogen-bond acceptors (Lipinski definition) is 3. The van der Waals surface area contributed by atoms with Crippen LogP contribution in [0, 0.1) is 0 Å². The number of carbonyl (C=O) groups is 2. The number of nitrogens with zero attached hydrogens (tertiary/aromatic N) is 1. The summed E-state index contributed by atoms with van der Waals surface area (Å²) in [6.07, 6.45) is 3.53. The second-order valence-electron chi connectivity index (χ2n) is 4.86. The third kappa shape index (κ3) is 4.13. The average molecular weight is 300 g/mol. The number of nitrogens with two attached hydrogens (primary N) is 1. The molecule has 6 heteroatoms. The van der Waals surface area contributed by atoms with Crippen molar-refractivity contribution in [2.45, 2.75) is 12.6 Å². The van der Waals surface area contributed by atoms with Crippen molar-refractivity contribution in [2.24, 2.45) is 5.73 Å². The minimum absolute atomic E-state index is 0.387. The summed E-state index contributed by atoms with van der Waals surface area (Å²) in [5.74, 6) is -1.23. The zero-order valence-corrected chi connectivity index (χ0v) is 12.0. The molecule has 114 valence electrons. The molecule has 4 N–H and O–H groups in total. The quantitative estimate of drug-likeness (QED) is 0.633. The Hall–Kier alpha value is -2.73. The molecule has 2 rings (SSSR count). The molecule has 0 radical (unpaired) electrons. The van der Waals surface area contributed by atoms with Crippen molar-refractivity contribution >= 4 is 11.8 Å². The molecule has 0 unspecified atom stereocenters. The first kappa shape index (κ1) is 15.7. The number of pyridine rings is 1. The van der Waals surface area contributed by atoms with Crippen LogP contribution in [0.4, 0.5) is 0 Å². The van der Waals surface area contributed by atoms with E-state index in [0.717, 1.165) is 5.56 Å². The number of rotatable bonds is 6. The van der Waals surface area contributed by atoms with Gasteiger partial charge >= 0.3 is 0 Å². The molecular weight excluding hydrogens is 282 g/mol. The van der Waals surface area contributed by atoms with Gasteiger partial charge in [-0.25, -0.2) is 0 Å². The van der Waals surface area contributed by atoms with Gasteiger partial charge in [0.1, 0.15) is 11.6 Å². The lowest BCUT2D eigenvalue weighted by molar-refractivity contribution is -0.688. The van der Waals surface area contributed by atoms with E-state index in [1.807, 2.05) is 41.1 Å². The van der Waals surface area contributed by atoms with Crippen LogP contribution in [0.5, 0.6) is 0 Å². The maximum atomic E-state index is 12.1. The summed E-state index contributed by atoms with van der Waals surface area (Å²) in [7, 11) is 0. The summed E-state index contributed by atoms with van der Waals surface area (Å²) >= 11 is 0. The first-order valence-corrected chi connectivity index (χ1v) is 6.84. The van der Waals surface area contributed by atoms with E-state index >= 15 is 0 Å². The molecule has 0 aliphatic rings. The molecule has 6 nitrogen and oxygen atoms in total. The molecule has 2 aromatic rings. The Labute approximate surface area is 128 Å². The summed E-state index contributed by atoms with van der Waals surface area (Å²) in [5.41, 5.74) is 6.58. The van der Waals surface area contributed by atoms with Gasteiger partial charge in [-0.2, -0.15) is 4.57 Å². The smallest absolute Gasteiger partial charge is 0.258 e. The highest BCUT2D eigenvalue weighted by Crippen LogP contribution is 2.00. The third-order valence-electron chi connectivity index (χ3n) is 3.16. The van der Waals surface area contributed by atoms with E-state index in [0.29, 0.717) is 12.1 Å². The van der Waals surface area contributed by atoms with Crippen LogP contribution in [0.2, 0.25) is 0 Å². The molecule has 0 aliphatic carbocycles. The lowest BCUT2D eigenvalue weighted by Gasteiger charge is -2.11. The molecule has 0 saturated heterocycles. The Morgan fingerprint density at radius 3 is 2.55 bits per heavy atom. The molecule has 1 atom stereocenters. The molecule has 1 heterocycles. The summed E-state index contributed by atoms with van der Waals surface area (Å²) in [5, 5.41) is 11.4. The van der Waals surface area contributed by atoms with Crippen molar-refractivity contribution in [1.82, 2.24) is 5.32 Å². The Bertz CT molecular complexity index is 659. The van der Waals surface area contributed by atoms with E-state index < -0.39 is 24.5 Å². The van der Waals surface area contributed by atoms with E-state index in [4.69, 9.17) is 10.8 Å². The summed E-state index contributed by atoms with van der Waals surface area (Å²) in [4.78, 5) is 23.1. The van der Waals surface area contributed by atoms with Crippen molar-refractivity contribution in [2.75, 3.05) is 6.61 Å². The first-order chi connectivity index (χ1) is 10.6. The molecule has 0 bridgehead atoms. The SMILES string of the molecule is NC(=O)[C@H](CO)NC(=O)c1ccc[n+](Cc2ccccc2)c1. The van der Waals surface area contributed by atoms with Gasteiger partial charge in [0.25, 0.3) is 5.91 Å². The number of aliphatic hydroxyl groups is 1. The first-order valence-electron chi connectivity index (χ1n) is 6.84. The number of carbonyl (C=O) groups excluding carboxylic acids is 2. The Morgan fingerprint density at radius 2 is 1.91 bits per heavy atom. The van der Waals surface area contributed by atoms with E-state index in [9.17, 15) is 9.59 Å². The molecule has 1 aromatic carbocycles. The number of aliphatic hydroxyl groups excluding tert-OH is 1. The number of aromatic nitrogens is 1. The van der Waals surface area contributed by atoms with Gasteiger partial charge < -0.3 is 16.2 Å². The second-order valence-corrected chi connectivity index (χ2v) is 4.86. The fraction of sp³-hybridized carbons (Fsp3) is 0.188. The number of hydrogen-bond donors (Lipinski definition) is 3. The Morgan fingerprint density at radius 1 is 1.18 bits per heavy atom. The van der Waals surface area contributed by atoms with Crippen LogP contribution in [0.1, 0.15) is 15.9 Å². The monoisotopic (exact) mass is 300 g/mol. The minimum atomic E-state index is -1.09. The van der Waals surface area contributed by atoms with Crippen LogP contribution in [0.25, 0.3) is 0 Å². The van der Waals surface area contributed by atoms with Gasteiger partial charge in [-0.3, -0.25) is 9.59 Å². The predicted octanol–water partition coefficient (Wildman–Crippen LogP) is -0.402. The normalized spacial score (nSPS) is 11.7. The third-order valence-corrected chi connectivity index (χ3v) is 3.16. The van der Waals surface area contributed by atoms with E-state index in [1.54, 1.807) is 18.3 Å². The molecule has 0 fully saturated rings. The van der Waals surface area contributed by atoms with Gasteiger partial charge in [0.05, 0.1) is 6.61 Å². The molecule has 2 amide bonds. The van der Waals surface area contributed by atoms with Gasteiger partial charge in [0.2, 0.25) is 5.91 Å². The van der Waals surface area contributed by atoms with Gasteiger partial charge in [0, 0.05) is 11.6 Å². The fourth-order valence-electron chi connectivity index (χ4n) is 2.00. The van der Waals surface area contributed by atoms with Crippen LogP contribution in [0.3, 0.4) is 0 Å². The molecule has 1 aromatic heterocycles. The lowest BCUT2D eigenvalue weighted by Crippen LogP contribution is -2.47. The van der Waals surface area contributed by atoms with Crippen LogP contribution in [-0.2, 0) is 11.3 Å². The number of nitrogens with one attached hydrogen (secondary N) is 1. The van der Waals surface area contributed by atoms with Gasteiger partial charge in [-0.15, -0.1) is 0 Å². The van der Waals surface area contributed by atoms with Gasteiger partial charge in [-0.1, -0.05) is 30.3 Å². The highest BCUT2D eigenvalue weighted by atomic mass is 16.3. The molecule has 0 saturated carbocycles. The zero-order valence-electron chi connectivity index (χ0n) is 12.0. The largest absolute Gasteiger partial charge is 0.394 e. The summed E-state index contributed by atoms with van der Waals surface area (Å²) in [6.45, 7) is 0.0964. The average Bonchev–Trinajstić information content (AvgIpc) is 2.53. The number of amides is 2. The molecule has 22 heavy (non-hydrogen) atoms. The highest BCUT2D eigenvalue weighted by molar-refractivity contribution is 5.96. The second kappa shape index (κ2) is 7.33. The zero-order chi connectivity index (χ0) is 15.9. The van der Waals surface area contributed by atoms with Crippen molar-refractivity contribution in [3.05, 3.63) is 66.0 Å². The molecule has 0 aliphatic heterocycles. The maximum absolute atomic E-state index is 12.1. The lowest BCUT2D eigenvalue weighted by atomic mass is 10.2. The van der Waals surface area contributed by atoms with E-state index in [-0.39, 0.29) is 0 Å².